The highest BCUT2D eigenvalue weighted by Gasteiger charge is 2.38. The van der Waals surface area contributed by atoms with Gasteiger partial charge in [0.05, 0.1) is 44.0 Å². The van der Waals surface area contributed by atoms with Crippen molar-refractivity contribution in [3.63, 3.8) is 0 Å². The zero-order valence-corrected chi connectivity index (χ0v) is 19.3. The van der Waals surface area contributed by atoms with E-state index in [0.29, 0.717) is 12.8 Å². The van der Waals surface area contributed by atoms with Crippen molar-refractivity contribution in [2.45, 2.75) is 63.1 Å². The second-order valence-corrected chi connectivity index (χ2v) is 9.20. The van der Waals surface area contributed by atoms with Gasteiger partial charge in [0.15, 0.2) is 0 Å². The van der Waals surface area contributed by atoms with E-state index < -0.39 is 17.7 Å². The molecule has 4 rings (SSSR count). The fourth-order valence-corrected chi connectivity index (χ4v) is 4.84. The Morgan fingerprint density at radius 3 is 2.76 bits per heavy atom. The Hall–Kier alpha value is -2.39. The third-order valence-electron chi connectivity index (χ3n) is 6.56. The largest absolute Gasteiger partial charge is 0.389 e. The van der Waals surface area contributed by atoms with Crippen molar-refractivity contribution in [1.29, 1.82) is 0 Å². The number of nitrogens with zero attached hydrogens (tertiary/aromatic N) is 1. The molecule has 0 radical (unpaired) electrons. The summed E-state index contributed by atoms with van der Waals surface area (Å²) in [4.78, 5) is 14.6. The van der Waals surface area contributed by atoms with Gasteiger partial charge in [-0.1, -0.05) is 30.3 Å². The van der Waals surface area contributed by atoms with E-state index in [1.807, 2.05) is 42.2 Å². The molecule has 2 heterocycles. The fraction of sp³-hybridized carbons (Fsp3) is 0.500. The number of carbonyl (C=O) groups is 1. The minimum Gasteiger partial charge on any atom is -0.389 e. The summed E-state index contributed by atoms with van der Waals surface area (Å²) in [6.07, 6.45) is 0.255. The summed E-state index contributed by atoms with van der Waals surface area (Å²) in [5.74, 6) is -1.06. The van der Waals surface area contributed by atoms with Gasteiger partial charge in [0.2, 0.25) is 5.91 Å². The normalized spacial score (nSPS) is 26.7. The van der Waals surface area contributed by atoms with Gasteiger partial charge in [-0.2, -0.15) is 0 Å². The number of amides is 1. The van der Waals surface area contributed by atoms with Crippen molar-refractivity contribution in [2.24, 2.45) is 0 Å². The highest BCUT2D eigenvalue weighted by molar-refractivity contribution is 5.77. The van der Waals surface area contributed by atoms with E-state index in [2.05, 4.69) is 5.32 Å². The van der Waals surface area contributed by atoms with Gasteiger partial charge in [-0.05, 0) is 43.5 Å². The number of hydrogen-bond donors (Lipinski definition) is 2. The summed E-state index contributed by atoms with van der Waals surface area (Å²) >= 11 is 0. The molecule has 8 heteroatoms. The molecule has 2 aliphatic rings. The Labute approximate surface area is 198 Å². The molecule has 0 saturated carbocycles. The van der Waals surface area contributed by atoms with Crippen molar-refractivity contribution in [3.05, 3.63) is 71.3 Å². The van der Waals surface area contributed by atoms with E-state index in [-0.39, 0.29) is 68.5 Å². The second kappa shape index (κ2) is 11.4. The number of ether oxygens (including phenoxy) is 2. The zero-order valence-electron chi connectivity index (χ0n) is 19.3. The van der Waals surface area contributed by atoms with Gasteiger partial charge in [-0.25, -0.2) is 8.78 Å². The lowest BCUT2D eigenvalue weighted by Gasteiger charge is -2.44. The van der Waals surface area contributed by atoms with E-state index in [9.17, 15) is 18.7 Å². The number of fused-ring (bicyclic) bond motifs is 1. The van der Waals surface area contributed by atoms with Crippen LogP contribution in [-0.2, 0) is 20.8 Å². The quantitative estimate of drug-likeness (QED) is 0.672. The van der Waals surface area contributed by atoms with Gasteiger partial charge in [0.1, 0.15) is 11.6 Å². The van der Waals surface area contributed by atoms with Crippen LogP contribution in [0, 0.1) is 11.6 Å². The number of rotatable bonds is 6. The van der Waals surface area contributed by atoms with Gasteiger partial charge in [0, 0.05) is 24.7 Å². The van der Waals surface area contributed by atoms with Crippen molar-refractivity contribution < 1.29 is 28.2 Å². The number of benzene rings is 2. The molecule has 2 aromatic carbocycles. The average molecular weight is 475 g/mol. The summed E-state index contributed by atoms with van der Waals surface area (Å²) in [6.45, 7) is 2.77. The lowest BCUT2D eigenvalue weighted by molar-refractivity contribution is -0.158. The van der Waals surface area contributed by atoms with Crippen LogP contribution in [0.15, 0.2) is 48.5 Å². The average Bonchev–Trinajstić information content (AvgIpc) is 2.80. The Morgan fingerprint density at radius 2 is 1.97 bits per heavy atom. The molecule has 2 saturated heterocycles. The monoisotopic (exact) mass is 474 g/mol. The van der Waals surface area contributed by atoms with Crippen molar-refractivity contribution >= 4 is 5.91 Å². The summed E-state index contributed by atoms with van der Waals surface area (Å²) in [7, 11) is 0. The molecule has 0 unspecified atom stereocenters. The Balaban J connectivity index is 1.39. The summed E-state index contributed by atoms with van der Waals surface area (Å²) in [5, 5.41) is 13.3. The first-order valence-corrected chi connectivity index (χ1v) is 11.8. The second-order valence-electron chi connectivity index (χ2n) is 9.20. The van der Waals surface area contributed by atoms with Crippen LogP contribution in [0.5, 0.6) is 0 Å². The molecule has 2 aromatic rings. The number of halogens is 2. The standard InChI is InChI=1S/C26H32F2N2O4/c1-17(18-5-3-2-4-6-18)29-26(32)12-22-8-10-24-25(34-22)16-33-15-21(31)14-30(24)13-19-11-20(27)7-9-23(19)28/h2-7,9,11,17,21-22,24-25,31H,8,10,12-16H2,1H3,(H,29,32)/t17-,21-,22+,24-,25+/m0/s1. The molecule has 0 aliphatic carbocycles. The molecule has 34 heavy (non-hydrogen) atoms. The SMILES string of the molecule is C[C@H](NC(=O)C[C@H]1CC[C@H]2[C@@H](COC[C@@H](O)CN2Cc2cc(F)ccc2F)O1)c1ccccc1. The zero-order chi connectivity index (χ0) is 24.1. The number of nitrogens with one attached hydrogen (secondary N) is 1. The van der Waals surface area contributed by atoms with Crippen LogP contribution in [0.3, 0.4) is 0 Å². The minimum absolute atomic E-state index is 0.0827. The van der Waals surface area contributed by atoms with Crippen LogP contribution < -0.4 is 5.32 Å². The molecule has 2 N–H and O–H groups in total. The number of aliphatic hydroxyl groups excluding tert-OH is 1. The third kappa shape index (κ3) is 6.39. The van der Waals surface area contributed by atoms with Crippen LogP contribution in [0.4, 0.5) is 8.78 Å². The minimum atomic E-state index is -0.736. The molecule has 5 atom stereocenters. The molecular formula is C26H32F2N2O4. The molecule has 184 valence electrons. The van der Waals surface area contributed by atoms with Crippen LogP contribution in [0.1, 0.15) is 43.4 Å². The predicted octanol–water partition coefficient (Wildman–Crippen LogP) is 3.34. The molecule has 0 spiro atoms. The van der Waals surface area contributed by atoms with E-state index in [0.717, 1.165) is 17.7 Å². The number of β-amino-alcohol motifs (C(OH)–C–C–N with tert-alkyl or cyclic N) is 1. The maximum atomic E-state index is 14.3. The molecule has 2 fully saturated rings. The Bertz CT molecular complexity index is 961. The van der Waals surface area contributed by atoms with Crippen molar-refractivity contribution in [2.75, 3.05) is 19.8 Å². The molecule has 0 bridgehead atoms. The lowest BCUT2D eigenvalue weighted by Crippen LogP contribution is -2.55. The topological polar surface area (TPSA) is 71.0 Å². The summed E-state index contributed by atoms with van der Waals surface area (Å²) in [5.41, 5.74) is 1.27. The summed E-state index contributed by atoms with van der Waals surface area (Å²) < 4.78 is 39.9. The van der Waals surface area contributed by atoms with Gasteiger partial charge >= 0.3 is 0 Å². The maximum absolute atomic E-state index is 14.3. The molecule has 6 nitrogen and oxygen atoms in total. The number of hydrogen-bond acceptors (Lipinski definition) is 5. The van der Waals surface area contributed by atoms with Gasteiger partial charge in [-0.3, -0.25) is 9.69 Å². The van der Waals surface area contributed by atoms with Crippen LogP contribution in [0.25, 0.3) is 0 Å². The highest BCUT2D eigenvalue weighted by Crippen LogP contribution is 2.29. The first-order chi connectivity index (χ1) is 16.4. The van der Waals surface area contributed by atoms with E-state index in [4.69, 9.17) is 9.47 Å². The first kappa shape index (κ1) is 24.7. The number of aliphatic hydroxyl groups is 1. The van der Waals surface area contributed by atoms with Gasteiger partial charge in [0.25, 0.3) is 0 Å². The Morgan fingerprint density at radius 1 is 1.18 bits per heavy atom. The highest BCUT2D eigenvalue weighted by atomic mass is 19.1. The van der Waals surface area contributed by atoms with Crippen LogP contribution >= 0.6 is 0 Å². The van der Waals surface area contributed by atoms with Crippen molar-refractivity contribution in [3.8, 4) is 0 Å². The smallest absolute Gasteiger partial charge is 0.223 e. The Kier molecular flexibility index (Phi) is 8.26. The van der Waals surface area contributed by atoms with Crippen LogP contribution in [-0.4, -0.2) is 60.0 Å². The maximum Gasteiger partial charge on any atom is 0.223 e. The van der Waals surface area contributed by atoms with E-state index in [1.165, 1.54) is 6.07 Å². The fourth-order valence-electron chi connectivity index (χ4n) is 4.84. The van der Waals surface area contributed by atoms with Crippen molar-refractivity contribution in [1.82, 2.24) is 10.2 Å². The lowest BCUT2D eigenvalue weighted by atomic mass is 9.94. The van der Waals surface area contributed by atoms with E-state index in [1.54, 1.807) is 0 Å². The van der Waals surface area contributed by atoms with E-state index >= 15 is 0 Å². The third-order valence-corrected chi connectivity index (χ3v) is 6.56. The summed E-state index contributed by atoms with van der Waals surface area (Å²) in [6, 6.07) is 12.9. The van der Waals surface area contributed by atoms with Gasteiger partial charge in [-0.15, -0.1) is 0 Å². The molecule has 2 aliphatic heterocycles. The van der Waals surface area contributed by atoms with Crippen LogP contribution in [0.2, 0.25) is 0 Å². The molecule has 1 amide bonds. The molecular weight excluding hydrogens is 442 g/mol. The molecule has 0 aromatic heterocycles. The predicted molar refractivity (Wildman–Crippen MR) is 123 cm³/mol. The number of carbonyl (C=O) groups excluding carboxylic acids is 1. The first-order valence-electron chi connectivity index (χ1n) is 11.8. The van der Waals surface area contributed by atoms with Gasteiger partial charge < -0.3 is 19.9 Å².